The number of amides is 1. The molecule has 10 heteroatoms. The minimum Gasteiger partial charge on any atom is -0.478 e. The van der Waals surface area contributed by atoms with Crippen LogP contribution in [0.15, 0.2) is 18.3 Å². The number of rotatable bonds is 5. The number of carbonyl (C=O) groups is 2. The molecule has 2 aromatic rings. The number of halogens is 3. The fraction of sp³-hybridized carbons (Fsp3) is 0.542. The Labute approximate surface area is 195 Å². The number of carbonyl (C=O) groups excluding carboxylic acids is 1. The summed E-state index contributed by atoms with van der Waals surface area (Å²) in [6.07, 6.45) is -2.09. The smallest absolute Gasteiger partial charge is 0.433 e. The van der Waals surface area contributed by atoms with Gasteiger partial charge in [0.25, 0.3) is 5.91 Å². The van der Waals surface area contributed by atoms with Crippen LogP contribution in [0.1, 0.15) is 83.7 Å². The van der Waals surface area contributed by atoms with Gasteiger partial charge < -0.3 is 19.3 Å². The van der Waals surface area contributed by atoms with Gasteiger partial charge in [-0.1, -0.05) is 13.0 Å². The van der Waals surface area contributed by atoms with Gasteiger partial charge in [0.05, 0.1) is 17.9 Å². The number of ether oxygens (including phenoxy) is 1. The summed E-state index contributed by atoms with van der Waals surface area (Å²) in [7, 11) is 0. The minimum atomic E-state index is -4.54. The number of fused-ring (bicyclic) bond motifs is 1. The zero-order valence-corrected chi connectivity index (χ0v) is 19.4. The topological polar surface area (TPSA) is 84.7 Å². The van der Waals surface area contributed by atoms with Gasteiger partial charge >= 0.3 is 12.1 Å². The zero-order valence-electron chi connectivity index (χ0n) is 19.4. The zero-order chi connectivity index (χ0) is 24.8. The molecule has 7 nitrogen and oxygen atoms in total. The van der Waals surface area contributed by atoms with E-state index in [9.17, 15) is 27.9 Å². The van der Waals surface area contributed by atoms with E-state index in [1.54, 1.807) is 11.8 Å². The van der Waals surface area contributed by atoms with E-state index in [-0.39, 0.29) is 30.0 Å². The van der Waals surface area contributed by atoms with E-state index >= 15 is 0 Å². The van der Waals surface area contributed by atoms with Crippen molar-refractivity contribution in [2.24, 2.45) is 0 Å². The maximum Gasteiger partial charge on any atom is 0.433 e. The molecule has 2 aliphatic rings. The van der Waals surface area contributed by atoms with E-state index in [0.717, 1.165) is 18.9 Å². The van der Waals surface area contributed by atoms with Gasteiger partial charge in [-0.25, -0.2) is 4.79 Å². The summed E-state index contributed by atoms with van der Waals surface area (Å²) in [4.78, 5) is 31.1. The lowest BCUT2D eigenvalue weighted by atomic mass is 9.91. The summed E-state index contributed by atoms with van der Waals surface area (Å²) in [5.41, 5.74) is 1.08. The summed E-state index contributed by atoms with van der Waals surface area (Å²) in [5.74, 6) is -1.80. The number of carboxylic acid groups (broad SMARTS) is 1. The molecule has 0 saturated carbocycles. The third kappa shape index (κ3) is 4.08. The van der Waals surface area contributed by atoms with Crippen LogP contribution in [0.4, 0.5) is 13.2 Å². The first-order chi connectivity index (χ1) is 16.1. The maximum absolute atomic E-state index is 13.4. The molecule has 0 spiro atoms. The minimum absolute atomic E-state index is 0.0261. The van der Waals surface area contributed by atoms with Crippen LogP contribution in [0.5, 0.6) is 0 Å². The Balaban J connectivity index is 1.82. The predicted octanol–water partition coefficient (Wildman–Crippen LogP) is 4.53. The van der Waals surface area contributed by atoms with Crippen LogP contribution in [0, 0.1) is 6.92 Å². The Morgan fingerprint density at radius 2 is 2.03 bits per heavy atom. The number of hydrogen-bond acceptors (Lipinski definition) is 4. The number of nitrogens with zero attached hydrogens (tertiary/aromatic N) is 3. The van der Waals surface area contributed by atoms with E-state index in [2.05, 4.69) is 4.98 Å². The van der Waals surface area contributed by atoms with Crippen molar-refractivity contribution in [3.63, 3.8) is 0 Å². The third-order valence-corrected chi connectivity index (χ3v) is 6.94. The standard InChI is InChI=1S/C24H28F3N3O4/c1-4-16(15-7-8-17(28-12-15)24(25,26)27)19-14(3)18(23(32)33)20-21(34-11-10-30(19)20)22(31)29-9-5-6-13(29)2/h7-8,12-13,16,21H,4-6,9-11H2,1-3H3,(H,32,33)/t13-,16+,21?/m0/s1. The molecule has 3 atom stereocenters. The van der Waals surface area contributed by atoms with E-state index in [1.165, 1.54) is 12.3 Å². The second kappa shape index (κ2) is 9.05. The van der Waals surface area contributed by atoms with Crippen LogP contribution in [-0.4, -0.2) is 50.6 Å². The first-order valence-electron chi connectivity index (χ1n) is 11.5. The molecular formula is C24H28F3N3O4. The lowest BCUT2D eigenvalue weighted by molar-refractivity contribution is -0.147. The van der Waals surface area contributed by atoms with Crippen molar-refractivity contribution in [2.75, 3.05) is 13.2 Å². The summed E-state index contributed by atoms with van der Waals surface area (Å²) >= 11 is 0. The summed E-state index contributed by atoms with van der Waals surface area (Å²) in [6.45, 7) is 6.71. The lowest BCUT2D eigenvalue weighted by Gasteiger charge is -2.32. The second-order valence-corrected chi connectivity index (χ2v) is 8.94. The highest BCUT2D eigenvalue weighted by atomic mass is 19.4. The molecule has 1 N–H and O–H groups in total. The van der Waals surface area contributed by atoms with Crippen molar-refractivity contribution in [3.8, 4) is 0 Å². The second-order valence-electron chi connectivity index (χ2n) is 8.94. The fourth-order valence-corrected chi connectivity index (χ4v) is 5.33. The maximum atomic E-state index is 13.4. The van der Waals surface area contributed by atoms with Crippen molar-refractivity contribution >= 4 is 11.9 Å². The Morgan fingerprint density at radius 1 is 1.29 bits per heavy atom. The molecule has 1 unspecified atom stereocenters. The molecule has 0 bridgehead atoms. The number of hydrogen-bond donors (Lipinski definition) is 1. The lowest BCUT2D eigenvalue weighted by Crippen LogP contribution is -2.41. The van der Waals surface area contributed by atoms with Gasteiger partial charge in [0, 0.05) is 36.9 Å². The Kier molecular flexibility index (Phi) is 6.46. The van der Waals surface area contributed by atoms with Crippen LogP contribution in [-0.2, 0) is 22.3 Å². The molecule has 4 heterocycles. The predicted molar refractivity (Wildman–Crippen MR) is 117 cm³/mol. The molecule has 1 saturated heterocycles. The molecular weight excluding hydrogens is 451 g/mol. The Bertz CT molecular complexity index is 1090. The molecule has 0 aliphatic carbocycles. The SMILES string of the molecule is CC[C@H](c1ccc(C(F)(F)F)nc1)c1c(C)c(C(=O)O)c2n1CCOC2C(=O)N1CCC[C@@H]1C. The van der Waals surface area contributed by atoms with Gasteiger partial charge in [-0.3, -0.25) is 9.78 Å². The Morgan fingerprint density at radius 3 is 2.56 bits per heavy atom. The van der Waals surface area contributed by atoms with Crippen molar-refractivity contribution in [1.82, 2.24) is 14.5 Å². The Hall–Kier alpha value is -2.88. The highest BCUT2D eigenvalue weighted by Crippen LogP contribution is 2.41. The van der Waals surface area contributed by atoms with Crippen LogP contribution in [0.2, 0.25) is 0 Å². The van der Waals surface area contributed by atoms with Crippen LogP contribution < -0.4 is 0 Å². The van der Waals surface area contributed by atoms with E-state index in [0.29, 0.717) is 42.0 Å². The molecule has 1 amide bonds. The molecule has 4 rings (SSSR count). The number of aromatic carboxylic acids is 1. The van der Waals surface area contributed by atoms with Gasteiger partial charge in [0.1, 0.15) is 5.69 Å². The van der Waals surface area contributed by atoms with Gasteiger partial charge in [-0.05, 0) is 50.3 Å². The first-order valence-corrected chi connectivity index (χ1v) is 11.5. The van der Waals surface area contributed by atoms with Crippen molar-refractivity contribution < 1.29 is 32.6 Å². The van der Waals surface area contributed by atoms with E-state index in [4.69, 9.17) is 4.74 Å². The molecule has 2 aliphatic heterocycles. The molecule has 2 aromatic heterocycles. The molecule has 184 valence electrons. The third-order valence-electron chi connectivity index (χ3n) is 6.94. The average molecular weight is 479 g/mol. The number of aromatic nitrogens is 2. The highest BCUT2D eigenvalue weighted by Gasteiger charge is 2.41. The summed E-state index contributed by atoms with van der Waals surface area (Å²) in [5, 5.41) is 10.1. The van der Waals surface area contributed by atoms with Gasteiger partial charge in [-0.15, -0.1) is 0 Å². The normalized spacial score (nSPS) is 21.4. The highest BCUT2D eigenvalue weighted by molar-refractivity contribution is 5.95. The average Bonchev–Trinajstić information content (AvgIpc) is 3.34. The monoisotopic (exact) mass is 479 g/mol. The fourth-order valence-electron chi connectivity index (χ4n) is 5.33. The number of likely N-dealkylation sites (tertiary alicyclic amines) is 1. The van der Waals surface area contributed by atoms with E-state index < -0.39 is 23.9 Å². The molecule has 34 heavy (non-hydrogen) atoms. The van der Waals surface area contributed by atoms with Gasteiger partial charge in [-0.2, -0.15) is 13.2 Å². The number of alkyl halides is 3. The quantitative estimate of drug-likeness (QED) is 0.681. The summed E-state index contributed by atoms with van der Waals surface area (Å²) < 4.78 is 46.7. The summed E-state index contributed by atoms with van der Waals surface area (Å²) in [6, 6.07) is 2.38. The number of carboxylic acids is 1. The molecule has 0 aromatic carbocycles. The molecule has 0 radical (unpaired) electrons. The largest absolute Gasteiger partial charge is 0.478 e. The van der Waals surface area contributed by atoms with Crippen LogP contribution in [0.25, 0.3) is 0 Å². The van der Waals surface area contributed by atoms with Gasteiger partial charge in [0.15, 0.2) is 6.10 Å². The van der Waals surface area contributed by atoms with Crippen molar-refractivity contribution in [2.45, 2.75) is 70.8 Å². The first kappa shape index (κ1) is 24.3. The van der Waals surface area contributed by atoms with Crippen molar-refractivity contribution in [1.29, 1.82) is 0 Å². The van der Waals surface area contributed by atoms with Crippen LogP contribution in [0.3, 0.4) is 0 Å². The van der Waals surface area contributed by atoms with Crippen molar-refractivity contribution in [3.05, 3.63) is 52.1 Å². The van der Waals surface area contributed by atoms with Gasteiger partial charge in [0.2, 0.25) is 0 Å². The molecule has 1 fully saturated rings. The number of pyridine rings is 1. The van der Waals surface area contributed by atoms with E-state index in [1.807, 2.05) is 18.4 Å². The van der Waals surface area contributed by atoms with Crippen LogP contribution >= 0.6 is 0 Å².